The van der Waals surface area contributed by atoms with Crippen LogP contribution in [0, 0.1) is 5.82 Å². The third-order valence-corrected chi connectivity index (χ3v) is 2.79. The smallest absolute Gasteiger partial charge is 0.407 e. The molecule has 0 bridgehead atoms. The second-order valence-electron chi connectivity index (χ2n) is 5.68. The monoisotopic (exact) mass is 278 g/mol. The molecule has 0 saturated heterocycles. The molecule has 0 radical (unpaired) electrons. The van der Waals surface area contributed by atoms with E-state index in [4.69, 9.17) is 4.74 Å². The number of fused-ring (bicyclic) bond motifs is 1. The van der Waals surface area contributed by atoms with Crippen molar-refractivity contribution in [1.82, 2.24) is 10.3 Å². The zero-order chi connectivity index (χ0) is 14.8. The summed E-state index contributed by atoms with van der Waals surface area (Å²) in [6, 6.07) is 4.62. The number of benzene rings is 1. The van der Waals surface area contributed by atoms with Crippen molar-refractivity contribution in [3.8, 4) is 0 Å². The lowest BCUT2D eigenvalue weighted by Crippen LogP contribution is -2.33. The van der Waals surface area contributed by atoms with Gasteiger partial charge in [-0.15, -0.1) is 0 Å². The molecule has 2 rings (SSSR count). The molecule has 4 nitrogen and oxygen atoms in total. The number of H-pyrrole nitrogens is 1. The number of nitrogens with one attached hydrogen (secondary N) is 2. The Balaban J connectivity index is 1.93. The van der Waals surface area contributed by atoms with Crippen molar-refractivity contribution in [2.24, 2.45) is 0 Å². The summed E-state index contributed by atoms with van der Waals surface area (Å²) in [6.07, 6.45) is 2.01. The quantitative estimate of drug-likeness (QED) is 0.904. The predicted octanol–water partition coefficient (Wildman–Crippen LogP) is 3.37. The van der Waals surface area contributed by atoms with Crippen LogP contribution in [0.4, 0.5) is 9.18 Å². The molecule has 0 fully saturated rings. The van der Waals surface area contributed by atoms with Gasteiger partial charge in [0.2, 0.25) is 0 Å². The Labute approximate surface area is 117 Å². The normalized spacial score (nSPS) is 11.6. The highest BCUT2D eigenvalue weighted by Crippen LogP contribution is 2.19. The van der Waals surface area contributed by atoms with E-state index in [0.29, 0.717) is 13.0 Å². The summed E-state index contributed by atoms with van der Waals surface area (Å²) in [5.74, 6) is -0.265. The number of rotatable bonds is 3. The van der Waals surface area contributed by atoms with Crippen LogP contribution in [-0.4, -0.2) is 23.2 Å². The van der Waals surface area contributed by atoms with Crippen LogP contribution >= 0.6 is 0 Å². The van der Waals surface area contributed by atoms with Gasteiger partial charge in [-0.2, -0.15) is 0 Å². The first-order valence-corrected chi connectivity index (χ1v) is 6.57. The fraction of sp³-hybridized carbons (Fsp3) is 0.400. The van der Waals surface area contributed by atoms with Gasteiger partial charge in [0.1, 0.15) is 11.4 Å². The molecular formula is C15H19FN2O2. The Bertz CT molecular complexity index is 614. The topological polar surface area (TPSA) is 54.1 Å². The molecule has 0 aliphatic heterocycles. The summed E-state index contributed by atoms with van der Waals surface area (Å²) in [5, 5.41) is 3.53. The standard InChI is InChI=1S/C15H19FN2O2/c1-15(2,3)20-14(19)17-7-6-10-9-18-13-5-4-11(16)8-12(10)13/h4-5,8-9,18H,6-7H2,1-3H3,(H,17,19). The van der Waals surface area contributed by atoms with Crippen LogP contribution in [0.15, 0.2) is 24.4 Å². The van der Waals surface area contributed by atoms with E-state index >= 15 is 0 Å². The first-order chi connectivity index (χ1) is 9.35. The number of amides is 1. The molecule has 20 heavy (non-hydrogen) atoms. The molecule has 0 saturated carbocycles. The Kier molecular flexibility index (Phi) is 3.97. The minimum absolute atomic E-state index is 0.265. The van der Waals surface area contributed by atoms with E-state index < -0.39 is 11.7 Å². The number of aromatic amines is 1. The molecule has 0 unspecified atom stereocenters. The van der Waals surface area contributed by atoms with Gasteiger partial charge >= 0.3 is 6.09 Å². The second-order valence-corrected chi connectivity index (χ2v) is 5.68. The van der Waals surface area contributed by atoms with Crippen molar-refractivity contribution in [2.75, 3.05) is 6.54 Å². The van der Waals surface area contributed by atoms with E-state index in [2.05, 4.69) is 10.3 Å². The summed E-state index contributed by atoms with van der Waals surface area (Å²) >= 11 is 0. The molecule has 1 amide bonds. The third-order valence-electron chi connectivity index (χ3n) is 2.79. The Morgan fingerprint density at radius 1 is 1.40 bits per heavy atom. The molecule has 108 valence electrons. The van der Waals surface area contributed by atoms with Crippen molar-refractivity contribution in [3.05, 3.63) is 35.8 Å². The van der Waals surface area contributed by atoms with Crippen LogP contribution in [0.25, 0.3) is 10.9 Å². The van der Waals surface area contributed by atoms with E-state index in [1.165, 1.54) is 12.1 Å². The number of hydrogen-bond acceptors (Lipinski definition) is 2. The zero-order valence-electron chi connectivity index (χ0n) is 11.9. The van der Waals surface area contributed by atoms with E-state index in [9.17, 15) is 9.18 Å². The summed E-state index contributed by atoms with van der Waals surface area (Å²) in [7, 11) is 0. The first kappa shape index (κ1) is 14.4. The Hall–Kier alpha value is -2.04. The van der Waals surface area contributed by atoms with Gasteiger partial charge in [0.25, 0.3) is 0 Å². The van der Waals surface area contributed by atoms with Gasteiger partial charge < -0.3 is 15.0 Å². The molecule has 2 aromatic rings. The maximum Gasteiger partial charge on any atom is 0.407 e. The summed E-state index contributed by atoms with van der Waals surface area (Å²) in [4.78, 5) is 14.6. The van der Waals surface area contributed by atoms with Gasteiger partial charge in [-0.25, -0.2) is 9.18 Å². The van der Waals surface area contributed by atoms with E-state index in [1.807, 2.05) is 27.0 Å². The van der Waals surface area contributed by atoms with Crippen molar-refractivity contribution in [2.45, 2.75) is 32.8 Å². The number of ether oxygens (including phenoxy) is 1. The molecule has 0 aliphatic rings. The van der Waals surface area contributed by atoms with Gasteiger partial charge in [-0.05, 0) is 51.0 Å². The lowest BCUT2D eigenvalue weighted by atomic mass is 10.1. The van der Waals surface area contributed by atoms with Crippen LogP contribution < -0.4 is 5.32 Å². The molecule has 0 atom stereocenters. The fourth-order valence-corrected chi connectivity index (χ4v) is 1.97. The van der Waals surface area contributed by atoms with Crippen molar-refractivity contribution in [3.63, 3.8) is 0 Å². The van der Waals surface area contributed by atoms with E-state index in [1.54, 1.807) is 6.07 Å². The molecule has 5 heteroatoms. The average Bonchev–Trinajstić information content (AvgIpc) is 2.69. The van der Waals surface area contributed by atoms with E-state index in [-0.39, 0.29) is 5.82 Å². The van der Waals surface area contributed by atoms with Crippen LogP contribution in [0.3, 0.4) is 0 Å². The van der Waals surface area contributed by atoms with Gasteiger partial charge in [0.05, 0.1) is 0 Å². The highest BCUT2D eigenvalue weighted by molar-refractivity contribution is 5.83. The molecule has 0 spiro atoms. The molecule has 1 aromatic heterocycles. The predicted molar refractivity (Wildman–Crippen MR) is 76.2 cm³/mol. The zero-order valence-corrected chi connectivity index (χ0v) is 11.9. The summed E-state index contributed by atoms with van der Waals surface area (Å²) in [6.45, 7) is 5.89. The van der Waals surface area contributed by atoms with Crippen molar-refractivity contribution in [1.29, 1.82) is 0 Å². The van der Waals surface area contributed by atoms with Crippen LogP contribution in [0.2, 0.25) is 0 Å². The highest BCUT2D eigenvalue weighted by atomic mass is 19.1. The minimum atomic E-state index is -0.506. The molecule has 1 aromatic carbocycles. The third kappa shape index (κ3) is 3.73. The SMILES string of the molecule is CC(C)(C)OC(=O)NCCc1c[nH]c2ccc(F)cc12. The van der Waals surface area contributed by atoms with Crippen LogP contribution in [0.1, 0.15) is 26.3 Å². The van der Waals surface area contributed by atoms with Gasteiger partial charge in [-0.1, -0.05) is 0 Å². The van der Waals surface area contributed by atoms with Gasteiger partial charge in [0.15, 0.2) is 0 Å². The maximum absolute atomic E-state index is 13.2. The van der Waals surface area contributed by atoms with Gasteiger partial charge in [-0.3, -0.25) is 0 Å². The Morgan fingerprint density at radius 3 is 2.85 bits per heavy atom. The van der Waals surface area contributed by atoms with Crippen LogP contribution in [0.5, 0.6) is 0 Å². The highest BCUT2D eigenvalue weighted by Gasteiger charge is 2.15. The van der Waals surface area contributed by atoms with Crippen molar-refractivity contribution < 1.29 is 13.9 Å². The number of hydrogen-bond donors (Lipinski definition) is 2. The largest absolute Gasteiger partial charge is 0.444 e. The van der Waals surface area contributed by atoms with E-state index in [0.717, 1.165) is 16.5 Å². The minimum Gasteiger partial charge on any atom is -0.444 e. The number of carbonyl (C=O) groups excluding carboxylic acids is 1. The lowest BCUT2D eigenvalue weighted by Gasteiger charge is -2.19. The van der Waals surface area contributed by atoms with Crippen LogP contribution in [-0.2, 0) is 11.2 Å². The van der Waals surface area contributed by atoms with Gasteiger partial charge in [0, 0.05) is 23.6 Å². The number of aromatic nitrogens is 1. The summed E-state index contributed by atoms with van der Waals surface area (Å²) < 4.78 is 18.4. The number of alkyl carbamates (subject to hydrolysis) is 1. The number of carbonyl (C=O) groups is 1. The average molecular weight is 278 g/mol. The second kappa shape index (κ2) is 5.53. The summed E-state index contributed by atoms with van der Waals surface area (Å²) in [5.41, 5.74) is 1.35. The van der Waals surface area contributed by atoms with Crippen molar-refractivity contribution >= 4 is 17.0 Å². The molecule has 2 N–H and O–H groups in total. The first-order valence-electron chi connectivity index (χ1n) is 6.57. The molecule has 1 heterocycles. The Morgan fingerprint density at radius 2 is 2.15 bits per heavy atom. The number of halogens is 1. The lowest BCUT2D eigenvalue weighted by molar-refractivity contribution is 0.0528. The fourth-order valence-electron chi connectivity index (χ4n) is 1.97. The maximum atomic E-state index is 13.2. The molecular weight excluding hydrogens is 259 g/mol. The molecule has 0 aliphatic carbocycles.